The van der Waals surface area contributed by atoms with E-state index in [1.165, 1.54) is 22.5 Å². The van der Waals surface area contributed by atoms with Crippen molar-refractivity contribution in [3.8, 4) is 5.75 Å². The molecule has 0 unspecified atom stereocenters. The molecule has 0 atom stereocenters. The van der Waals surface area contributed by atoms with Crippen LogP contribution in [0.4, 0.5) is 4.39 Å². The molecule has 1 saturated heterocycles. The molecule has 0 radical (unpaired) electrons. The second kappa shape index (κ2) is 10.6. The van der Waals surface area contributed by atoms with Gasteiger partial charge in [-0.15, -0.1) is 0 Å². The molecule has 2 aromatic rings. The third-order valence-corrected chi connectivity index (χ3v) is 6.95. The zero-order valence-electron chi connectivity index (χ0n) is 19.3. The van der Waals surface area contributed by atoms with Crippen molar-refractivity contribution in [1.29, 1.82) is 0 Å². The molecule has 0 N–H and O–H groups in total. The van der Waals surface area contributed by atoms with Gasteiger partial charge < -0.3 is 9.47 Å². The monoisotopic (exact) mass is 478 g/mol. The summed E-state index contributed by atoms with van der Waals surface area (Å²) in [5.74, 6) is -0.532. The number of halogens is 1. The minimum atomic E-state index is -3.41. The number of esters is 1. The highest BCUT2D eigenvalue weighted by Gasteiger charge is 2.27. The number of ether oxygens (including phenoxy) is 2. The van der Waals surface area contributed by atoms with Gasteiger partial charge in [-0.05, 0) is 44.5 Å². The smallest absolute Gasteiger partial charge is 0.344 e. The van der Waals surface area contributed by atoms with E-state index in [9.17, 15) is 17.6 Å². The molecule has 9 heteroatoms. The van der Waals surface area contributed by atoms with Crippen LogP contribution in [0, 0.1) is 5.82 Å². The molecule has 0 saturated carbocycles. The first kappa shape index (κ1) is 25.1. The van der Waals surface area contributed by atoms with Gasteiger partial charge >= 0.3 is 5.97 Å². The van der Waals surface area contributed by atoms with Crippen molar-refractivity contribution in [2.75, 3.05) is 32.8 Å². The van der Waals surface area contributed by atoms with E-state index in [1.54, 1.807) is 32.9 Å². The lowest BCUT2D eigenvalue weighted by molar-refractivity contribution is -0.157. The standard InChI is InChI=1S/C24H31FN2O5S/c1-24(2,3)32-23(28)17-31-22-10-9-21(25)15-20(22)16-26-11-13-27(14-12-26)33(29,30)18-19-7-5-4-6-8-19/h4-10,15H,11-14,16-18H2,1-3H3. The highest BCUT2D eigenvalue weighted by Crippen LogP contribution is 2.23. The van der Waals surface area contributed by atoms with Crippen molar-refractivity contribution in [3.05, 3.63) is 65.5 Å². The largest absolute Gasteiger partial charge is 0.482 e. The molecular formula is C24H31FN2O5S. The van der Waals surface area contributed by atoms with Crippen LogP contribution >= 0.6 is 0 Å². The zero-order valence-corrected chi connectivity index (χ0v) is 20.1. The highest BCUT2D eigenvalue weighted by molar-refractivity contribution is 7.88. The SMILES string of the molecule is CC(C)(C)OC(=O)COc1ccc(F)cc1CN1CCN(S(=O)(=O)Cc2ccccc2)CC1. The van der Waals surface area contributed by atoms with E-state index >= 15 is 0 Å². The van der Waals surface area contributed by atoms with Gasteiger partial charge in [0, 0.05) is 38.3 Å². The number of piperazine rings is 1. The first-order valence-corrected chi connectivity index (χ1v) is 12.5. The summed E-state index contributed by atoms with van der Waals surface area (Å²) < 4.78 is 51.8. The van der Waals surface area contributed by atoms with E-state index in [-0.39, 0.29) is 12.4 Å². The Kier molecular flexibility index (Phi) is 8.10. The molecule has 0 aliphatic carbocycles. The van der Waals surface area contributed by atoms with Crippen LogP contribution in [0.2, 0.25) is 0 Å². The van der Waals surface area contributed by atoms with Crippen molar-refractivity contribution in [2.24, 2.45) is 0 Å². The van der Waals surface area contributed by atoms with E-state index < -0.39 is 27.4 Å². The van der Waals surface area contributed by atoms with Crippen molar-refractivity contribution in [2.45, 2.75) is 38.7 Å². The van der Waals surface area contributed by atoms with Crippen molar-refractivity contribution in [3.63, 3.8) is 0 Å². The molecule has 0 amide bonds. The summed E-state index contributed by atoms with van der Waals surface area (Å²) in [6.45, 7) is 7.16. The molecule has 33 heavy (non-hydrogen) atoms. The molecule has 2 aromatic carbocycles. The van der Waals surface area contributed by atoms with Crippen LogP contribution in [0.3, 0.4) is 0 Å². The van der Waals surface area contributed by atoms with E-state index in [4.69, 9.17) is 9.47 Å². The Bertz CT molecular complexity index is 1050. The van der Waals surface area contributed by atoms with Crippen molar-refractivity contribution in [1.82, 2.24) is 9.21 Å². The highest BCUT2D eigenvalue weighted by atomic mass is 32.2. The summed E-state index contributed by atoms with van der Waals surface area (Å²) in [6.07, 6.45) is 0. The van der Waals surface area contributed by atoms with Crippen molar-refractivity contribution >= 4 is 16.0 Å². The quantitative estimate of drug-likeness (QED) is 0.543. The summed E-state index contributed by atoms with van der Waals surface area (Å²) in [5.41, 5.74) is 0.734. The minimum Gasteiger partial charge on any atom is -0.482 e. The summed E-state index contributed by atoms with van der Waals surface area (Å²) in [7, 11) is -3.41. The molecule has 180 valence electrons. The normalized spacial score (nSPS) is 15.9. The second-order valence-electron chi connectivity index (χ2n) is 9.04. The van der Waals surface area contributed by atoms with Gasteiger partial charge in [0.15, 0.2) is 6.61 Å². The van der Waals surface area contributed by atoms with Gasteiger partial charge in [0.1, 0.15) is 17.2 Å². The molecule has 1 heterocycles. The van der Waals surface area contributed by atoms with Gasteiger partial charge in [0.25, 0.3) is 0 Å². The van der Waals surface area contributed by atoms with Crippen molar-refractivity contribution < 1.29 is 27.1 Å². The number of hydrogen-bond acceptors (Lipinski definition) is 6. The molecular weight excluding hydrogens is 447 g/mol. The molecule has 7 nitrogen and oxygen atoms in total. The number of nitrogens with zero attached hydrogens (tertiary/aromatic N) is 2. The van der Waals surface area contributed by atoms with E-state index in [0.29, 0.717) is 44.0 Å². The number of sulfonamides is 1. The maximum atomic E-state index is 13.9. The Morgan fingerprint density at radius 1 is 1.03 bits per heavy atom. The van der Waals surface area contributed by atoms with Crippen LogP contribution in [-0.4, -0.2) is 62.0 Å². The maximum absolute atomic E-state index is 13.9. The topological polar surface area (TPSA) is 76.2 Å². The number of benzene rings is 2. The van der Waals surface area contributed by atoms with Crippen LogP contribution in [-0.2, 0) is 31.9 Å². The summed E-state index contributed by atoms with van der Waals surface area (Å²) in [6, 6.07) is 13.3. The first-order chi connectivity index (χ1) is 15.5. The minimum absolute atomic E-state index is 0.0274. The lowest BCUT2D eigenvalue weighted by Crippen LogP contribution is -2.48. The Labute approximate surface area is 195 Å². The Morgan fingerprint density at radius 2 is 1.70 bits per heavy atom. The number of carbonyl (C=O) groups is 1. The number of rotatable bonds is 8. The maximum Gasteiger partial charge on any atom is 0.344 e. The molecule has 1 aliphatic heterocycles. The predicted molar refractivity (Wildman–Crippen MR) is 124 cm³/mol. The van der Waals surface area contributed by atoms with E-state index in [2.05, 4.69) is 0 Å². The number of carbonyl (C=O) groups excluding carboxylic acids is 1. The van der Waals surface area contributed by atoms with Crippen LogP contribution in [0.25, 0.3) is 0 Å². The van der Waals surface area contributed by atoms with Crippen LogP contribution < -0.4 is 4.74 Å². The number of hydrogen-bond donors (Lipinski definition) is 0. The second-order valence-corrected chi connectivity index (χ2v) is 11.0. The first-order valence-electron chi connectivity index (χ1n) is 10.9. The fourth-order valence-electron chi connectivity index (χ4n) is 3.60. The predicted octanol–water partition coefficient (Wildman–Crippen LogP) is 3.19. The molecule has 0 spiro atoms. The van der Waals surface area contributed by atoms with E-state index in [0.717, 1.165) is 5.56 Å². The fourth-order valence-corrected chi connectivity index (χ4v) is 5.12. The van der Waals surface area contributed by atoms with Crippen LogP contribution in [0.1, 0.15) is 31.9 Å². The Hall–Kier alpha value is -2.49. The Balaban J connectivity index is 1.57. The van der Waals surface area contributed by atoms with E-state index in [1.807, 2.05) is 23.1 Å². The van der Waals surface area contributed by atoms with Gasteiger partial charge in [-0.25, -0.2) is 17.6 Å². The Morgan fingerprint density at radius 3 is 2.33 bits per heavy atom. The molecule has 1 aliphatic rings. The molecule has 0 aromatic heterocycles. The molecule has 3 rings (SSSR count). The average molecular weight is 479 g/mol. The lowest BCUT2D eigenvalue weighted by atomic mass is 10.1. The van der Waals surface area contributed by atoms with Gasteiger partial charge in [-0.1, -0.05) is 30.3 Å². The molecule has 1 fully saturated rings. The fraction of sp³-hybridized carbons (Fsp3) is 0.458. The summed E-state index contributed by atoms with van der Waals surface area (Å²) >= 11 is 0. The van der Waals surface area contributed by atoms with Crippen LogP contribution in [0.5, 0.6) is 5.75 Å². The lowest BCUT2D eigenvalue weighted by Gasteiger charge is -2.34. The molecule has 0 bridgehead atoms. The van der Waals surface area contributed by atoms with Gasteiger partial charge in [0.2, 0.25) is 10.0 Å². The summed E-state index contributed by atoms with van der Waals surface area (Å²) in [4.78, 5) is 14.0. The third kappa shape index (κ3) is 7.80. The van der Waals surface area contributed by atoms with Crippen LogP contribution in [0.15, 0.2) is 48.5 Å². The average Bonchev–Trinajstić information content (AvgIpc) is 2.73. The zero-order chi connectivity index (χ0) is 24.1. The van der Waals surface area contributed by atoms with Gasteiger partial charge in [-0.2, -0.15) is 4.31 Å². The van der Waals surface area contributed by atoms with Gasteiger partial charge in [0.05, 0.1) is 5.75 Å². The summed E-state index contributed by atoms with van der Waals surface area (Å²) in [5, 5.41) is 0. The van der Waals surface area contributed by atoms with Gasteiger partial charge in [-0.3, -0.25) is 4.90 Å². The third-order valence-electron chi connectivity index (χ3n) is 5.10.